The first kappa shape index (κ1) is 22.7. The van der Waals surface area contributed by atoms with E-state index < -0.39 is 0 Å². The summed E-state index contributed by atoms with van der Waals surface area (Å²) in [7, 11) is 0. The Morgan fingerprint density at radius 1 is 0.609 bits per heavy atom. The van der Waals surface area contributed by atoms with Crippen LogP contribution < -0.4 is 0 Å². The van der Waals surface area contributed by atoms with Gasteiger partial charge >= 0.3 is 0 Å². The Morgan fingerprint density at radius 3 is 1.74 bits per heavy atom. The Hall–Kier alpha value is -0.260. The first-order valence-electron chi connectivity index (χ1n) is 10.6. The molecule has 0 aromatic rings. The van der Waals surface area contributed by atoms with Crippen molar-refractivity contribution in [2.24, 2.45) is 5.92 Å². The first-order chi connectivity index (χ1) is 11.3. The maximum atomic E-state index is 3.91. The number of unbranched alkanes of at least 4 members (excludes halogenated alkanes) is 11. The molecule has 0 aromatic heterocycles. The molecule has 2 radical (unpaired) electrons. The largest absolute Gasteiger partial charge is 0.0885 e. The summed E-state index contributed by atoms with van der Waals surface area (Å²) in [4.78, 5) is 0. The summed E-state index contributed by atoms with van der Waals surface area (Å²) in [5, 5.41) is 0. The molecule has 0 aliphatic rings. The second-order valence-corrected chi connectivity index (χ2v) is 7.14. The number of allylic oxidation sites excluding steroid dienone is 2. The van der Waals surface area contributed by atoms with Gasteiger partial charge in [0.25, 0.3) is 0 Å². The van der Waals surface area contributed by atoms with Crippen LogP contribution in [-0.4, -0.2) is 0 Å². The quantitative estimate of drug-likeness (QED) is 0.175. The van der Waals surface area contributed by atoms with Crippen LogP contribution in [0.4, 0.5) is 0 Å². The third kappa shape index (κ3) is 17.9. The summed E-state index contributed by atoms with van der Waals surface area (Å²) < 4.78 is 0. The fraction of sp³-hybridized carbons (Fsp3) is 0.826. The molecule has 0 bridgehead atoms. The van der Waals surface area contributed by atoms with Gasteiger partial charge < -0.3 is 0 Å². The van der Waals surface area contributed by atoms with E-state index in [1.807, 2.05) is 0 Å². The van der Waals surface area contributed by atoms with Gasteiger partial charge in [0.15, 0.2) is 0 Å². The SMILES string of the molecule is [CH2]CCCCC/C=C/CCC(CC)CCCCCCCCC[CH2]. The summed E-state index contributed by atoms with van der Waals surface area (Å²) in [6.07, 6.45) is 27.7. The Bertz CT molecular complexity index is 228. The van der Waals surface area contributed by atoms with E-state index in [2.05, 4.69) is 32.9 Å². The molecule has 0 rings (SSSR count). The van der Waals surface area contributed by atoms with Crippen molar-refractivity contribution in [3.63, 3.8) is 0 Å². The normalized spacial score (nSPS) is 13.0. The third-order valence-electron chi connectivity index (χ3n) is 4.97. The molecule has 0 heteroatoms. The molecule has 0 saturated carbocycles. The van der Waals surface area contributed by atoms with E-state index in [1.165, 1.54) is 96.3 Å². The van der Waals surface area contributed by atoms with E-state index >= 15 is 0 Å². The third-order valence-corrected chi connectivity index (χ3v) is 4.97. The zero-order valence-corrected chi connectivity index (χ0v) is 16.2. The van der Waals surface area contributed by atoms with Gasteiger partial charge in [-0.15, -0.1) is 0 Å². The second kappa shape index (κ2) is 19.8. The van der Waals surface area contributed by atoms with Crippen LogP contribution in [0, 0.1) is 19.8 Å². The smallest absolute Gasteiger partial charge is 0.0348 e. The maximum Gasteiger partial charge on any atom is -0.0348 e. The molecule has 136 valence electrons. The van der Waals surface area contributed by atoms with Crippen molar-refractivity contribution in [1.29, 1.82) is 0 Å². The minimum absolute atomic E-state index is 0.956. The number of hydrogen-bond acceptors (Lipinski definition) is 0. The molecule has 0 saturated heterocycles. The van der Waals surface area contributed by atoms with Gasteiger partial charge in [0.1, 0.15) is 0 Å². The topological polar surface area (TPSA) is 0 Å². The Morgan fingerprint density at radius 2 is 1.13 bits per heavy atom. The van der Waals surface area contributed by atoms with Gasteiger partial charge in [-0.1, -0.05) is 116 Å². The van der Waals surface area contributed by atoms with Gasteiger partial charge in [0.2, 0.25) is 0 Å². The van der Waals surface area contributed by atoms with E-state index in [0.717, 1.165) is 18.8 Å². The highest BCUT2D eigenvalue weighted by molar-refractivity contribution is 4.82. The van der Waals surface area contributed by atoms with Crippen LogP contribution in [0.25, 0.3) is 0 Å². The molecule has 0 aliphatic carbocycles. The van der Waals surface area contributed by atoms with E-state index in [4.69, 9.17) is 0 Å². The van der Waals surface area contributed by atoms with Crippen molar-refractivity contribution in [2.45, 2.75) is 116 Å². The van der Waals surface area contributed by atoms with Crippen LogP contribution in [0.15, 0.2) is 12.2 Å². The van der Waals surface area contributed by atoms with Crippen LogP contribution in [-0.2, 0) is 0 Å². The monoisotopic (exact) mass is 320 g/mol. The van der Waals surface area contributed by atoms with E-state index in [1.54, 1.807) is 0 Å². The molecule has 0 nitrogen and oxygen atoms in total. The maximum absolute atomic E-state index is 3.91. The molecule has 0 fully saturated rings. The average Bonchev–Trinajstić information content (AvgIpc) is 2.57. The molecule has 1 unspecified atom stereocenters. The minimum Gasteiger partial charge on any atom is -0.0885 e. The van der Waals surface area contributed by atoms with Gasteiger partial charge in [-0.3, -0.25) is 0 Å². The molecule has 1 atom stereocenters. The van der Waals surface area contributed by atoms with Crippen LogP contribution in [0.2, 0.25) is 0 Å². The zero-order valence-electron chi connectivity index (χ0n) is 16.2. The molecule has 0 N–H and O–H groups in total. The Balaban J connectivity index is 3.39. The lowest BCUT2D eigenvalue weighted by molar-refractivity contribution is 0.414. The summed E-state index contributed by atoms with van der Waals surface area (Å²) >= 11 is 0. The van der Waals surface area contributed by atoms with Gasteiger partial charge in [-0.25, -0.2) is 0 Å². The fourth-order valence-electron chi connectivity index (χ4n) is 3.23. The van der Waals surface area contributed by atoms with Gasteiger partial charge in [0.05, 0.1) is 0 Å². The van der Waals surface area contributed by atoms with Crippen molar-refractivity contribution in [2.75, 3.05) is 0 Å². The van der Waals surface area contributed by atoms with Crippen molar-refractivity contribution in [1.82, 2.24) is 0 Å². The molecule has 0 spiro atoms. The standard InChI is InChI=1S/C23H44/c1-4-7-9-11-13-15-17-19-21-23(6-3)22-20-18-16-14-12-10-8-5-2/h15,17,23H,1-2,4-14,16,18-22H2,3H3/b17-15+. The van der Waals surface area contributed by atoms with Crippen molar-refractivity contribution < 1.29 is 0 Å². The highest BCUT2D eigenvalue weighted by Gasteiger charge is 2.04. The molecular weight excluding hydrogens is 276 g/mol. The van der Waals surface area contributed by atoms with E-state index in [-0.39, 0.29) is 0 Å². The Labute approximate surface area is 148 Å². The predicted molar refractivity (Wildman–Crippen MR) is 108 cm³/mol. The van der Waals surface area contributed by atoms with E-state index in [9.17, 15) is 0 Å². The highest BCUT2D eigenvalue weighted by Crippen LogP contribution is 2.20. The lowest BCUT2D eigenvalue weighted by atomic mass is 9.93. The summed E-state index contributed by atoms with van der Waals surface area (Å²) in [6, 6.07) is 0. The van der Waals surface area contributed by atoms with Crippen molar-refractivity contribution >= 4 is 0 Å². The van der Waals surface area contributed by atoms with Gasteiger partial charge in [-0.05, 0) is 31.6 Å². The number of rotatable bonds is 18. The average molecular weight is 321 g/mol. The van der Waals surface area contributed by atoms with Crippen LogP contribution >= 0.6 is 0 Å². The van der Waals surface area contributed by atoms with Crippen LogP contribution in [0.3, 0.4) is 0 Å². The van der Waals surface area contributed by atoms with Crippen molar-refractivity contribution in [3.8, 4) is 0 Å². The zero-order chi connectivity index (χ0) is 17.0. The van der Waals surface area contributed by atoms with Gasteiger partial charge in [0, 0.05) is 0 Å². The molecule has 0 amide bonds. The summed E-state index contributed by atoms with van der Waals surface area (Å²) in [6.45, 7) is 10.2. The Kier molecular flexibility index (Phi) is 19.6. The second-order valence-electron chi connectivity index (χ2n) is 7.14. The fourth-order valence-corrected chi connectivity index (χ4v) is 3.23. The number of hydrogen-bond donors (Lipinski definition) is 0. The van der Waals surface area contributed by atoms with Crippen LogP contribution in [0.5, 0.6) is 0 Å². The molecule has 0 aliphatic heterocycles. The minimum atomic E-state index is 0.956. The first-order valence-corrected chi connectivity index (χ1v) is 10.6. The van der Waals surface area contributed by atoms with Crippen LogP contribution in [0.1, 0.15) is 116 Å². The molecule has 23 heavy (non-hydrogen) atoms. The van der Waals surface area contributed by atoms with Crippen molar-refractivity contribution in [3.05, 3.63) is 26.0 Å². The summed E-state index contributed by atoms with van der Waals surface area (Å²) in [5.41, 5.74) is 0. The van der Waals surface area contributed by atoms with E-state index in [0.29, 0.717) is 0 Å². The van der Waals surface area contributed by atoms with Gasteiger partial charge in [-0.2, -0.15) is 0 Å². The summed E-state index contributed by atoms with van der Waals surface area (Å²) in [5.74, 6) is 0.956. The lowest BCUT2D eigenvalue weighted by Crippen LogP contribution is -1.98. The predicted octanol–water partition coefficient (Wildman–Crippen LogP) is 8.48. The molecule has 0 heterocycles. The molecular formula is C23H44. The lowest BCUT2D eigenvalue weighted by Gasteiger charge is -2.13. The molecule has 0 aromatic carbocycles. The highest BCUT2D eigenvalue weighted by atomic mass is 14.1.